The number of Topliss-reactive ketones (excluding diaryl/α,β-unsaturated/α-hetero) is 1. The van der Waals surface area contributed by atoms with Crippen molar-refractivity contribution in [1.29, 1.82) is 0 Å². The lowest BCUT2D eigenvalue weighted by Crippen LogP contribution is -2.52. The van der Waals surface area contributed by atoms with Crippen LogP contribution in [-0.2, 0) is 9.59 Å². The Kier molecular flexibility index (Phi) is 6.48. The number of nitrogens with one attached hydrogen (secondary N) is 1. The van der Waals surface area contributed by atoms with Crippen molar-refractivity contribution in [2.45, 2.75) is 32.7 Å². The van der Waals surface area contributed by atoms with Gasteiger partial charge in [0.15, 0.2) is 5.78 Å². The molecular formula is C31H34N4O2S. The summed E-state index contributed by atoms with van der Waals surface area (Å²) in [6.45, 7) is 7.53. The maximum atomic E-state index is 13.8. The van der Waals surface area contributed by atoms with Gasteiger partial charge in [0.2, 0.25) is 5.91 Å². The number of nitrogens with zero attached hydrogens (tertiary/aromatic N) is 3. The first-order valence-electron chi connectivity index (χ1n) is 13.4. The molecule has 3 aliphatic rings. The van der Waals surface area contributed by atoms with Crippen molar-refractivity contribution in [2.75, 3.05) is 47.8 Å². The Hall–Kier alpha value is -3.58. The predicted octanol–water partition coefficient (Wildman–Crippen LogP) is 5.71. The summed E-state index contributed by atoms with van der Waals surface area (Å²) < 4.78 is 0. The highest BCUT2D eigenvalue weighted by Gasteiger charge is 2.42. The predicted molar refractivity (Wildman–Crippen MR) is 155 cm³/mol. The number of fused-ring (bicyclic) bond motifs is 1. The molecule has 0 saturated carbocycles. The van der Waals surface area contributed by atoms with Crippen LogP contribution in [-0.4, -0.2) is 49.3 Å². The summed E-state index contributed by atoms with van der Waals surface area (Å²) in [5, 5.41) is 5.69. The lowest BCUT2D eigenvalue weighted by atomic mass is 9.74. The number of thiophene rings is 1. The van der Waals surface area contributed by atoms with Crippen molar-refractivity contribution >= 4 is 40.1 Å². The number of hydrogen-bond acceptors (Lipinski definition) is 6. The number of carbonyl (C=O) groups is 2. The summed E-state index contributed by atoms with van der Waals surface area (Å²) in [4.78, 5) is 35.1. The van der Waals surface area contributed by atoms with Crippen LogP contribution >= 0.6 is 11.3 Å². The van der Waals surface area contributed by atoms with Gasteiger partial charge in [-0.15, -0.1) is 11.3 Å². The minimum absolute atomic E-state index is 0.0988. The van der Waals surface area contributed by atoms with Gasteiger partial charge in [-0.05, 0) is 47.5 Å². The van der Waals surface area contributed by atoms with Crippen molar-refractivity contribution in [1.82, 2.24) is 4.90 Å². The minimum atomic E-state index is -0.292. The van der Waals surface area contributed by atoms with Crippen LogP contribution in [0, 0.1) is 5.41 Å². The van der Waals surface area contributed by atoms with E-state index in [0.717, 1.165) is 47.0 Å². The van der Waals surface area contributed by atoms with E-state index in [0.29, 0.717) is 19.5 Å². The molecule has 1 atom stereocenters. The Balaban J connectivity index is 1.33. The van der Waals surface area contributed by atoms with Crippen LogP contribution in [0.4, 0.5) is 17.1 Å². The topological polar surface area (TPSA) is 55.9 Å². The van der Waals surface area contributed by atoms with Crippen molar-refractivity contribution in [2.24, 2.45) is 5.41 Å². The summed E-state index contributed by atoms with van der Waals surface area (Å²) in [5.74, 6) is 0.269. The smallest absolute Gasteiger partial charge is 0.242 e. The number of amides is 1. The van der Waals surface area contributed by atoms with E-state index in [1.807, 2.05) is 29.2 Å². The lowest BCUT2D eigenvalue weighted by Gasteiger charge is -2.40. The maximum Gasteiger partial charge on any atom is 0.242 e. The summed E-state index contributed by atoms with van der Waals surface area (Å²) in [6.07, 6.45) is 1.31. The van der Waals surface area contributed by atoms with Crippen LogP contribution in [0.1, 0.15) is 37.6 Å². The SMILES string of the molecule is CC1(C)CC(=O)C2=C(C1)Nc1ccccc1N(CC(=O)N1CCN(c3ccccc3)CC1)C2c1cccs1. The van der Waals surface area contributed by atoms with Gasteiger partial charge in [0.25, 0.3) is 0 Å². The largest absolute Gasteiger partial charge is 0.368 e. The molecule has 1 amide bonds. The summed E-state index contributed by atoms with van der Waals surface area (Å²) >= 11 is 1.65. The third kappa shape index (κ3) is 4.71. The summed E-state index contributed by atoms with van der Waals surface area (Å²) in [5.41, 5.74) is 4.80. The highest BCUT2D eigenvalue weighted by molar-refractivity contribution is 7.10. The van der Waals surface area contributed by atoms with Crippen molar-refractivity contribution in [3.63, 3.8) is 0 Å². The van der Waals surface area contributed by atoms with Crippen LogP contribution in [0.3, 0.4) is 0 Å². The Bertz CT molecular complexity index is 1360. The Labute approximate surface area is 228 Å². The standard InChI is InChI=1S/C31H34N4O2S/c1-31(2)19-24-29(26(36)20-31)30(27-13-8-18-38-27)35(25-12-7-6-11-23(25)32-24)21-28(37)34-16-14-33(15-17-34)22-9-4-3-5-10-22/h3-13,18,30,32H,14-17,19-21H2,1-2H3. The van der Waals surface area contributed by atoms with E-state index < -0.39 is 0 Å². The van der Waals surface area contributed by atoms with Crippen LogP contribution in [0.2, 0.25) is 0 Å². The molecule has 38 heavy (non-hydrogen) atoms. The maximum absolute atomic E-state index is 13.8. The van der Waals surface area contributed by atoms with Crippen LogP contribution in [0.15, 0.2) is 83.4 Å². The second-order valence-electron chi connectivity index (χ2n) is 11.2. The van der Waals surface area contributed by atoms with Gasteiger partial charge < -0.3 is 20.0 Å². The fraction of sp³-hybridized carbons (Fsp3) is 0.355. The molecule has 196 valence electrons. The molecular weight excluding hydrogens is 492 g/mol. The minimum Gasteiger partial charge on any atom is -0.368 e. The van der Waals surface area contributed by atoms with E-state index in [9.17, 15) is 9.59 Å². The highest BCUT2D eigenvalue weighted by Crippen LogP contribution is 2.48. The van der Waals surface area contributed by atoms with E-state index in [2.05, 4.69) is 76.8 Å². The molecule has 0 bridgehead atoms. The molecule has 2 aromatic carbocycles. The van der Waals surface area contributed by atoms with Crippen molar-refractivity contribution in [3.8, 4) is 0 Å². The fourth-order valence-electron chi connectivity index (χ4n) is 6.07. The molecule has 0 spiro atoms. The van der Waals surface area contributed by atoms with Gasteiger partial charge in [0.05, 0.1) is 24.0 Å². The first-order valence-corrected chi connectivity index (χ1v) is 14.3. The number of benzene rings is 2. The normalized spacial score (nSPS) is 20.9. The molecule has 2 aliphatic heterocycles. The summed E-state index contributed by atoms with van der Waals surface area (Å²) in [7, 11) is 0. The molecule has 1 aromatic heterocycles. The Morgan fingerprint density at radius 1 is 0.947 bits per heavy atom. The number of anilines is 3. The number of hydrogen-bond donors (Lipinski definition) is 1. The zero-order valence-corrected chi connectivity index (χ0v) is 22.8. The molecule has 1 unspecified atom stereocenters. The number of para-hydroxylation sites is 3. The second kappa shape index (κ2) is 9.95. The van der Waals surface area contributed by atoms with Crippen LogP contribution in [0.5, 0.6) is 0 Å². The number of rotatable bonds is 4. The third-order valence-electron chi connectivity index (χ3n) is 7.88. The third-order valence-corrected chi connectivity index (χ3v) is 8.80. The van der Waals surface area contributed by atoms with Crippen molar-refractivity contribution in [3.05, 3.63) is 88.3 Å². The van der Waals surface area contributed by atoms with E-state index in [1.165, 1.54) is 5.69 Å². The van der Waals surface area contributed by atoms with Crippen LogP contribution in [0.25, 0.3) is 0 Å². The first-order chi connectivity index (χ1) is 18.4. The number of allylic oxidation sites excluding steroid dienone is 1. The van der Waals surface area contributed by atoms with E-state index in [1.54, 1.807) is 11.3 Å². The van der Waals surface area contributed by atoms with E-state index >= 15 is 0 Å². The second-order valence-corrected chi connectivity index (χ2v) is 12.2. The Morgan fingerprint density at radius 2 is 1.68 bits per heavy atom. The van der Waals surface area contributed by atoms with Gasteiger partial charge in [-0.2, -0.15) is 0 Å². The molecule has 6 nitrogen and oxygen atoms in total. The molecule has 7 heteroatoms. The fourth-order valence-corrected chi connectivity index (χ4v) is 6.91. The molecule has 1 aliphatic carbocycles. The van der Waals surface area contributed by atoms with Gasteiger partial charge in [0, 0.05) is 54.4 Å². The molecule has 3 aromatic rings. The molecule has 0 radical (unpaired) electrons. The average molecular weight is 527 g/mol. The first kappa shape index (κ1) is 24.7. The van der Waals surface area contributed by atoms with Gasteiger partial charge in [-0.25, -0.2) is 0 Å². The average Bonchev–Trinajstić information content (AvgIpc) is 3.40. The molecule has 1 fully saturated rings. The summed E-state index contributed by atoms with van der Waals surface area (Å²) in [6, 6.07) is 22.4. The number of ketones is 1. The lowest BCUT2D eigenvalue weighted by molar-refractivity contribution is -0.130. The molecule has 3 heterocycles. The quantitative estimate of drug-likeness (QED) is 0.472. The van der Waals surface area contributed by atoms with E-state index in [-0.39, 0.29) is 29.7 Å². The molecule has 1 N–H and O–H groups in total. The number of piperazine rings is 1. The zero-order valence-electron chi connectivity index (χ0n) is 22.0. The van der Waals surface area contributed by atoms with Gasteiger partial charge in [0.1, 0.15) is 0 Å². The Morgan fingerprint density at radius 3 is 2.42 bits per heavy atom. The van der Waals surface area contributed by atoms with Gasteiger partial charge >= 0.3 is 0 Å². The highest BCUT2D eigenvalue weighted by atomic mass is 32.1. The van der Waals surface area contributed by atoms with Crippen molar-refractivity contribution < 1.29 is 9.59 Å². The molecule has 1 saturated heterocycles. The van der Waals surface area contributed by atoms with E-state index in [4.69, 9.17) is 0 Å². The van der Waals surface area contributed by atoms with Gasteiger partial charge in [-0.3, -0.25) is 9.59 Å². The zero-order chi connectivity index (χ0) is 26.3. The molecule has 6 rings (SSSR count). The monoisotopic (exact) mass is 526 g/mol. The van der Waals surface area contributed by atoms with Crippen LogP contribution < -0.4 is 15.1 Å². The van der Waals surface area contributed by atoms with Gasteiger partial charge in [-0.1, -0.05) is 50.2 Å². The number of carbonyl (C=O) groups excluding carboxylic acids is 2.